The maximum absolute atomic E-state index is 12.7. The van der Waals surface area contributed by atoms with Crippen molar-refractivity contribution in [2.45, 2.75) is 26.8 Å². The number of carbonyl (C=O) groups is 1. The molecule has 0 bridgehead atoms. The van der Waals surface area contributed by atoms with Crippen LogP contribution in [0.4, 0.5) is 0 Å². The summed E-state index contributed by atoms with van der Waals surface area (Å²) in [6.45, 7) is 5.98. The molecule has 2 rings (SSSR count). The van der Waals surface area contributed by atoms with Crippen LogP contribution < -0.4 is 0 Å². The number of benzene rings is 1. The number of oxazole rings is 1. The van der Waals surface area contributed by atoms with Gasteiger partial charge in [0.15, 0.2) is 0 Å². The molecule has 2 aromatic rings. The van der Waals surface area contributed by atoms with Crippen molar-refractivity contribution < 1.29 is 14.3 Å². The van der Waals surface area contributed by atoms with Crippen LogP contribution in [-0.2, 0) is 0 Å². The zero-order valence-electron chi connectivity index (χ0n) is 12.5. The Kier molecular flexibility index (Phi) is 4.75. The number of aliphatic hydroxyl groups excluding tert-OH is 1. The average Bonchev–Trinajstić information content (AvgIpc) is 2.94. The van der Waals surface area contributed by atoms with E-state index in [1.165, 1.54) is 0 Å². The molecule has 5 nitrogen and oxygen atoms in total. The molecule has 1 aromatic carbocycles. The zero-order valence-corrected chi connectivity index (χ0v) is 12.5. The molecule has 0 saturated carbocycles. The number of nitrogens with zero attached hydrogens (tertiary/aromatic N) is 2. The maximum Gasteiger partial charge on any atom is 0.254 e. The van der Waals surface area contributed by atoms with E-state index in [1.807, 2.05) is 39.0 Å². The number of aliphatic hydroxyl groups is 1. The van der Waals surface area contributed by atoms with Crippen LogP contribution in [0.25, 0.3) is 11.5 Å². The van der Waals surface area contributed by atoms with E-state index in [0.717, 1.165) is 0 Å². The van der Waals surface area contributed by atoms with Crippen LogP contribution in [0.5, 0.6) is 0 Å². The summed E-state index contributed by atoms with van der Waals surface area (Å²) in [5.74, 6) is 0.998. The lowest BCUT2D eigenvalue weighted by molar-refractivity contribution is 0.0633. The minimum Gasteiger partial charge on any atom is -0.441 e. The minimum absolute atomic E-state index is 0.0696. The van der Waals surface area contributed by atoms with Crippen molar-refractivity contribution in [1.82, 2.24) is 9.88 Å². The summed E-state index contributed by atoms with van der Waals surface area (Å²) in [6.07, 6.45) is 1.63. The Morgan fingerprint density at radius 1 is 1.43 bits per heavy atom. The largest absolute Gasteiger partial charge is 0.441 e. The van der Waals surface area contributed by atoms with Crippen LogP contribution in [-0.4, -0.2) is 40.1 Å². The quantitative estimate of drug-likeness (QED) is 0.918. The van der Waals surface area contributed by atoms with E-state index in [2.05, 4.69) is 4.98 Å². The summed E-state index contributed by atoms with van der Waals surface area (Å²) in [5.41, 5.74) is 1.20. The first-order valence-corrected chi connectivity index (χ1v) is 7.02. The Bertz CT molecular complexity index is 621. The lowest BCUT2D eigenvalue weighted by atomic mass is 10.1. The lowest BCUT2D eigenvalue weighted by Gasteiger charge is -2.27. The van der Waals surface area contributed by atoms with Crippen LogP contribution in [0.15, 0.2) is 34.9 Å². The number of hydrogen-bond acceptors (Lipinski definition) is 4. The number of carbonyl (C=O) groups excluding carboxylic acids is 1. The Hall–Kier alpha value is -2.14. The third-order valence-electron chi connectivity index (χ3n) is 3.41. The fraction of sp³-hybridized carbons (Fsp3) is 0.375. The SMILES string of the molecule is CCN(C(=O)c1ccccc1-c1ncc(C)o1)C(C)CO. The van der Waals surface area contributed by atoms with Gasteiger partial charge < -0.3 is 14.4 Å². The summed E-state index contributed by atoms with van der Waals surface area (Å²) in [4.78, 5) is 18.5. The standard InChI is InChI=1S/C16H20N2O3/c1-4-18(11(2)10-19)16(20)14-8-6-5-7-13(14)15-17-9-12(3)21-15/h5-9,11,19H,4,10H2,1-3H3. The number of rotatable bonds is 5. The van der Waals surface area contributed by atoms with Gasteiger partial charge in [0.1, 0.15) is 5.76 Å². The zero-order chi connectivity index (χ0) is 15.4. The van der Waals surface area contributed by atoms with Crippen LogP contribution in [0.3, 0.4) is 0 Å². The Morgan fingerprint density at radius 3 is 2.71 bits per heavy atom. The minimum atomic E-state index is -0.234. The normalized spacial score (nSPS) is 12.2. The molecular weight excluding hydrogens is 268 g/mol. The number of aromatic nitrogens is 1. The Balaban J connectivity index is 2.42. The molecule has 0 spiro atoms. The number of amides is 1. The van der Waals surface area contributed by atoms with Gasteiger partial charge in [-0.25, -0.2) is 4.98 Å². The highest BCUT2D eigenvalue weighted by atomic mass is 16.4. The smallest absolute Gasteiger partial charge is 0.254 e. The fourth-order valence-corrected chi connectivity index (χ4v) is 2.24. The van der Waals surface area contributed by atoms with E-state index in [9.17, 15) is 9.90 Å². The topological polar surface area (TPSA) is 66.6 Å². The van der Waals surface area contributed by atoms with E-state index >= 15 is 0 Å². The Labute approximate surface area is 124 Å². The van der Waals surface area contributed by atoms with Crippen molar-refractivity contribution >= 4 is 5.91 Å². The van der Waals surface area contributed by atoms with E-state index < -0.39 is 0 Å². The van der Waals surface area contributed by atoms with Gasteiger partial charge in [0, 0.05) is 12.1 Å². The Morgan fingerprint density at radius 2 is 2.14 bits per heavy atom. The van der Waals surface area contributed by atoms with Crippen molar-refractivity contribution in [2.24, 2.45) is 0 Å². The number of likely N-dealkylation sites (N-methyl/N-ethyl adjacent to an activating group) is 1. The van der Waals surface area contributed by atoms with Gasteiger partial charge in [-0.2, -0.15) is 0 Å². The first-order chi connectivity index (χ1) is 10.1. The second-order valence-electron chi connectivity index (χ2n) is 4.94. The molecule has 1 heterocycles. The molecule has 0 radical (unpaired) electrons. The van der Waals surface area contributed by atoms with Gasteiger partial charge in [0.25, 0.3) is 5.91 Å². The van der Waals surface area contributed by atoms with E-state index in [-0.39, 0.29) is 18.6 Å². The maximum atomic E-state index is 12.7. The second kappa shape index (κ2) is 6.54. The highest BCUT2D eigenvalue weighted by Gasteiger charge is 2.23. The monoisotopic (exact) mass is 288 g/mol. The van der Waals surface area contributed by atoms with Crippen molar-refractivity contribution in [3.8, 4) is 11.5 Å². The predicted molar refractivity (Wildman–Crippen MR) is 79.9 cm³/mol. The van der Waals surface area contributed by atoms with Crippen LogP contribution in [0, 0.1) is 6.92 Å². The second-order valence-corrected chi connectivity index (χ2v) is 4.94. The summed E-state index contributed by atoms with van der Waals surface area (Å²) < 4.78 is 5.53. The van der Waals surface area contributed by atoms with Gasteiger partial charge in [0.2, 0.25) is 5.89 Å². The van der Waals surface area contributed by atoms with Crippen molar-refractivity contribution in [2.75, 3.05) is 13.2 Å². The molecule has 0 aliphatic heterocycles. The molecule has 0 fully saturated rings. The van der Waals surface area contributed by atoms with Gasteiger partial charge in [-0.3, -0.25) is 4.79 Å². The van der Waals surface area contributed by atoms with E-state index in [4.69, 9.17) is 4.42 Å². The van der Waals surface area contributed by atoms with Crippen LogP contribution in [0.1, 0.15) is 30.0 Å². The van der Waals surface area contributed by atoms with Gasteiger partial charge in [-0.1, -0.05) is 12.1 Å². The first-order valence-electron chi connectivity index (χ1n) is 7.02. The molecule has 5 heteroatoms. The lowest BCUT2D eigenvalue weighted by Crippen LogP contribution is -2.40. The molecule has 1 N–H and O–H groups in total. The van der Waals surface area contributed by atoms with Gasteiger partial charge in [0.05, 0.1) is 24.4 Å². The highest BCUT2D eigenvalue weighted by Crippen LogP contribution is 2.24. The van der Waals surface area contributed by atoms with Gasteiger partial charge in [-0.15, -0.1) is 0 Å². The van der Waals surface area contributed by atoms with Crippen LogP contribution >= 0.6 is 0 Å². The van der Waals surface area contributed by atoms with E-state index in [0.29, 0.717) is 29.3 Å². The summed E-state index contributed by atoms with van der Waals surface area (Å²) in [7, 11) is 0. The van der Waals surface area contributed by atoms with Crippen molar-refractivity contribution in [1.29, 1.82) is 0 Å². The van der Waals surface area contributed by atoms with Crippen molar-refractivity contribution in [3.63, 3.8) is 0 Å². The van der Waals surface area contributed by atoms with Gasteiger partial charge >= 0.3 is 0 Å². The molecule has 1 amide bonds. The first kappa shape index (κ1) is 15.3. The molecule has 21 heavy (non-hydrogen) atoms. The number of hydrogen-bond donors (Lipinski definition) is 1. The van der Waals surface area contributed by atoms with E-state index in [1.54, 1.807) is 17.2 Å². The predicted octanol–water partition coefficient (Wildman–Crippen LogP) is 2.49. The third kappa shape index (κ3) is 3.13. The summed E-state index contributed by atoms with van der Waals surface area (Å²) in [6, 6.07) is 6.99. The molecule has 0 aliphatic carbocycles. The number of aryl methyl sites for hydroxylation is 1. The molecular formula is C16H20N2O3. The molecule has 0 saturated heterocycles. The average molecular weight is 288 g/mol. The summed E-state index contributed by atoms with van der Waals surface area (Å²) >= 11 is 0. The van der Waals surface area contributed by atoms with Gasteiger partial charge in [-0.05, 0) is 32.9 Å². The fourth-order valence-electron chi connectivity index (χ4n) is 2.24. The highest BCUT2D eigenvalue weighted by molar-refractivity contribution is 6.00. The molecule has 1 aromatic heterocycles. The van der Waals surface area contributed by atoms with Crippen LogP contribution in [0.2, 0.25) is 0 Å². The summed E-state index contributed by atoms with van der Waals surface area (Å²) in [5, 5.41) is 9.30. The molecule has 112 valence electrons. The molecule has 1 atom stereocenters. The third-order valence-corrected chi connectivity index (χ3v) is 3.41. The molecule has 0 aliphatic rings. The van der Waals surface area contributed by atoms with Crippen molar-refractivity contribution in [3.05, 3.63) is 41.8 Å². The molecule has 1 unspecified atom stereocenters.